The average Bonchev–Trinajstić information content (AvgIpc) is 2.19. The smallest absolute Gasteiger partial charge is 0.0443 e. The van der Waals surface area contributed by atoms with E-state index in [2.05, 4.69) is 18.7 Å². The van der Waals surface area contributed by atoms with Gasteiger partial charge in [0.2, 0.25) is 0 Å². The van der Waals surface area contributed by atoms with Crippen LogP contribution in [0.2, 0.25) is 0 Å². The number of hydrogen-bond donors (Lipinski definition) is 1. The van der Waals surface area contributed by atoms with Crippen LogP contribution in [0.25, 0.3) is 0 Å². The SMILES string of the molecule is CCN(CCCO)C1CCCC(C)C1. The summed E-state index contributed by atoms with van der Waals surface area (Å²) in [5, 5.41) is 8.83. The lowest BCUT2D eigenvalue weighted by atomic mass is 9.86. The number of rotatable bonds is 5. The van der Waals surface area contributed by atoms with E-state index in [1.165, 1.54) is 25.7 Å². The molecule has 2 atom stereocenters. The van der Waals surface area contributed by atoms with Gasteiger partial charge in [-0.1, -0.05) is 26.7 Å². The van der Waals surface area contributed by atoms with Gasteiger partial charge in [-0.15, -0.1) is 0 Å². The molecule has 1 fully saturated rings. The first-order chi connectivity index (χ1) is 6.77. The number of nitrogens with zero attached hydrogens (tertiary/aromatic N) is 1. The molecule has 14 heavy (non-hydrogen) atoms. The number of aliphatic hydroxyl groups excluding tert-OH is 1. The van der Waals surface area contributed by atoms with E-state index in [0.29, 0.717) is 6.61 Å². The van der Waals surface area contributed by atoms with Gasteiger partial charge in [0.25, 0.3) is 0 Å². The van der Waals surface area contributed by atoms with Gasteiger partial charge in [-0.3, -0.25) is 0 Å². The molecule has 1 N–H and O–H groups in total. The Hall–Kier alpha value is -0.0800. The first-order valence-corrected chi connectivity index (χ1v) is 6.12. The highest BCUT2D eigenvalue weighted by atomic mass is 16.3. The molecule has 1 aliphatic rings. The molecule has 0 saturated heterocycles. The van der Waals surface area contributed by atoms with E-state index in [-0.39, 0.29) is 0 Å². The summed E-state index contributed by atoms with van der Waals surface area (Å²) >= 11 is 0. The lowest BCUT2D eigenvalue weighted by molar-refractivity contribution is 0.130. The zero-order valence-corrected chi connectivity index (χ0v) is 9.71. The maximum absolute atomic E-state index is 8.83. The van der Waals surface area contributed by atoms with Crippen LogP contribution in [-0.2, 0) is 0 Å². The summed E-state index contributed by atoms with van der Waals surface area (Å²) in [6.45, 7) is 7.14. The number of aliphatic hydroxyl groups is 1. The van der Waals surface area contributed by atoms with Crippen molar-refractivity contribution in [1.82, 2.24) is 4.90 Å². The second-order valence-electron chi connectivity index (χ2n) is 4.63. The second-order valence-corrected chi connectivity index (χ2v) is 4.63. The van der Waals surface area contributed by atoms with E-state index >= 15 is 0 Å². The highest BCUT2D eigenvalue weighted by Gasteiger charge is 2.22. The van der Waals surface area contributed by atoms with Gasteiger partial charge in [-0.25, -0.2) is 0 Å². The zero-order chi connectivity index (χ0) is 10.4. The van der Waals surface area contributed by atoms with Crippen LogP contribution in [0.1, 0.15) is 46.0 Å². The molecule has 2 unspecified atom stereocenters. The van der Waals surface area contributed by atoms with Crippen molar-refractivity contribution in [3.8, 4) is 0 Å². The van der Waals surface area contributed by atoms with Crippen LogP contribution in [0.15, 0.2) is 0 Å². The van der Waals surface area contributed by atoms with Crippen LogP contribution in [0.3, 0.4) is 0 Å². The Morgan fingerprint density at radius 2 is 2.14 bits per heavy atom. The standard InChI is InChI=1S/C12H25NO/c1-3-13(8-5-9-14)12-7-4-6-11(2)10-12/h11-12,14H,3-10H2,1-2H3. The van der Waals surface area contributed by atoms with E-state index in [9.17, 15) is 0 Å². The molecule has 1 aliphatic carbocycles. The normalized spacial score (nSPS) is 28.3. The molecule has 0 heterocycles. The minimum atomic E-state index is 0.332. The van der Waals surface area contributed by atoms with Gasteiger partial charge in [0.1, 0.15) is 0 Å². The molecular weight excluding hydrogens is 174 g/mol. The monoisotopic (exact) mass is 199 g/mol. The van der Waals surface area contributed by atoms with Crippen molar-refractivity contribution in [3.63, 3.8) is 0 Å². The van der Waals surface area contributed by atoms with Crippen molar-refractivity contribution in [3.05, 3.63) is 0 Å². The molecule has 2 heteroatoms. The van der Waals surface area contributed by atoms with Crippen LogP contribution in [0, 0.1) is 5.92 Å². The van der Waals surface area contributed by atoms with Crippen molar-refractivity contribution >= 4 is 0 Å². The molecule has 0 radical (unpaired) electrons. The second kappa shape index (κ2) is 6.41. The Bertz CT molecular complexity index is 149. The van der Waals surface area contributed by atoms with Crippen molar-refractivity contribution in [2.75, 3.05) is 19.7 Å². The van der Waals surface area contributed by atoms with E-state index in [1.807, 2.05) is 0 Å². The number of hydrogen-bond acceptors (Lipinski definition) is 2. The Labute approximate surface area is 88.3 Å². The van der Waals surface area contributed by atoms with Gasteiger partial charge in [0.05, 0.1) is 0 Å². The maximum atomic E-state index is 8.83. The molecule has 0 aromatic heterocycles. The van der Waals surface area contributed by atoms with Crippen LogP contribution in [0.5, 0.6) is 0 Å². The zero-order valence-electron chi connectivity index (χ0n) is 9.71. The van der Waals surface area contributed by atoms with Crippen LogP contribution in [-0.4, -0.2) is 35.7 Å². The third-order valence-electron chi connectivity index (χ3n) is 3.43. The summed E-state index contributed by atoms with van der Waals surface area (Å²) < 4.78 is 0. The van der Waals surface area contributed by atoms with E-state index in [1.54, 1.807) is 0 Å². The summed E-state index contributed by atoms with van der Waals surface area (Å²) in [5.74, 6) is 0.900. The lowest BCUT2D eigenvalue weighted by Crippen LogP contribution is -2.39. The van der Waals surface area contributed by atoms with Crippen molar-refractivity contribution in [2.45, 2.75) is 52.0 Å². The van der Waals surface area contributed by atoms with Crippen LogP contribution < -0.4 is 0 Å². The third kappa shape index (κ3) is 3.58. The van der Waals surface area contributed by atoms with Gasteiger partial charge in [-0.2, -0.15) is 0 Å². The molecule has 0 spiro atoms. The van der Waals surface area contributed by atoms with E-state index in [0.717, 1.165) is 31.5 Å². The van der Waals surface area contributed by atoms with Crippen molar-refractivity contribution in [2.24, 2.45) is 5.92 Å². The fourth-order valence-electron chi connectivity index (χ4n) is 2.61. The third-order valence-corrected chi connectivity index (χ3v) is 3.43. The highest BCUT2D eigenvalue weighted by molar-refractivity contribution is 4.78. The Morgan fingerprint density at radius 1 is 1.36 bits per heavy atom. The molecule has 1 rings (SSSR count). The lowest BCUT2D eigenvalue weighted by Gasteiger charge is -2.36. The molecule has 0 aromatic rings. The summed E-state index contributed by atoms with van der Waals surface area (Å²) in [5.41, 5.74) is 0. The fraction of sp³-hybridized carbons (Fsp3) is 1.00. The quantitative estimate of drug-likeness (QED) is 0.734. The van der Waals surface area contributed by atoms with Gasteiger partial charge in [0.15, 0.2) is 0 Å². The molecule has 84 valence electrons. The van der Waals surface area contributed by atoms with E-state index in [4.69, 9.17) is 5.11 Å². The minimum absolute atomic E-state index is 0.332. The van der Waals surface area contributed by atoms with Gasteiger partial charge >= 0.3 is 0 Å². The average molecular weight is 199 g/mol. The minimum Gasteiger partial charge on any atom is -0.396 e. The van der Waals surface area contributed by atoms with Gasteiger partial charge in [-0.05, 0) is 31.7 Å². The first kappa shape index (κ1) is 12.0. The topological polar surface area (TPSA) is 23.5 Å². The highest BCUT2D eigenvalue weighted by Crippen LogP contribution is 2.27. The van der Waals surface area contributed by atoms with Crippen molar-refractivity contribution in [1.29, 1.82) is 0 Å². The molecule has 1 saturated carbocycles. The van der Waals surface area contributed by atoms with Crippen molar-refractivity contribution < 1.29 is 5.11 Å². The molecule has 0 aromatic carbocycles. The predicted molar refractivity (Wildman–Crippen MR) is 60.4 cm³/mol. The molecule has 2 nitrogen and oxygen atoms in total. The molecule has 0 amide bonds. The molecular formula is C12H25NO. The Morgan fingerprint density at radius 3 is 2.71 bits per heavy atom. The summed E-state index contributed by atoms with van der Waals surface area (Å²) in [4.78, 5) is 2.55. The van der Waals surface area contributed by atoms with E-state index < -0.39 is 0 Å². The van der Waals surface area contributed by atoms with Gasteiger partial charge < -0.3 is 10.0 Å². The predicted octanol–water partition coefficient (Wildman–Crippen LogP) is 2.27. The van der Waals surface area contributed by atoms with Crippen LogP contribution in [0.4, 0.5) is 0 Å². The Balaban J connectivity index is 2.34. The van der Waals surface area contributed by atoms with Crippen LogP contribution >= 0.6 is 0 Å². The largest absolute Gasteiger partial charge is 0.396 e. The summed E-state index contributed by atoms with van der Waals surface area (Å²) in [6.07, 6.45) is 6.46. The molecule has 0 bridgehead atoms. The maximum Gasteiger partial charge on any atom is 0.0443 e. The first-order valence-electron chi connectivity index (χ1n) is 6.12. The summed E-state index contributed by atoms with van der Waals surface area (Å²) in [6, 6.07) is 0.787. The molecule has 0 aliphatic heterocycles. The Kier molecular flexibility index (Phi) is 5.49. The fourth-order valence-corrected chi connectivity index (χ4v) is 2.61. The summed E-state index contributed by atoms with van der Waals surface area (Å²) in [7, 11) is 0. The van der Waals surface area contributed by atoms with Gasteiger partial charge in [0, 0.05) is 19.2 Å².